The minimum atomic E-state index is -3.64. The quantitative estimate of drug-likeness (QED) is 0.832. The molecule has 0 unspecified atom stereocenters. The summed E-state index contributed by atoms with van der Waals surface area (Å²) in [6, 6.07) is 4.93. The van der Waals surface area contributed by atoms with Crippen LogP contribution in [0.4, 0.5) is 4.39 Å². The number of sulfonamides is 1. The molecule has 1 rings (SSSR count). The van der Waals surface area contributed by atoms with Gasteiger partial charge in [0.2, 0.25) is 10.0 Å². The number of rotatable bonds is 6. The second-order valence-corrected chi connectivity index (χ2v) is 5.97. The Bertz CT molecular complexity index is 479. The van der Waals surface area contributed by atoms with Crippen molar-refractivity contribution in [2.45, 2.75) is 11.4 Å². The maximum absolute atomic E-state index is 12.0. The summed E-state index contributed by atoms with van der Waals surface area (Å²) < 4.78 is 38.1. The van der Waals surface area contributed by atoms with E-state index in [4.69, 9.17) is 0 Å². The predicted octanol–water partition coefficient (Wildman–Crippen LogP) is 1.42. The van der Waals surface area contributed by atoms with Crippen LogP contribution in [-0.4, -0.2) is 28.7 Å². The van der Waals surface area contributed by atoms with Crippen molar-refractivity contribution in [1.29, 1.82) is 0 Å². The molecule has 0 radical (unpaired) electrons. The van der Waals surface area contributed by atoms with Gasteiger partial charge in [-0.1, -0.05) is 6.07 Å². The minimum absolute atomic E-state index is 0.116. The maximum atomic E-state index is 12.0. The van der Waals surface area contributed by atoms with Crippen LogP contribution >= 0.6 is 15.9 Å². The van der Waals surface area contributed by atoms with Crippen LogP contribution in [0.2, 0.25) is 0 Å². The smallest absolute Gasteiger partial charge is 0.241 e. The highest BCUT2D eigenvalue weighted by Gasteiger charge is 2.16. The van der Waals surface area contributed by atoms with E-state index < -0.39 is 16.7 Å². The van der Waals surface area contributed by atoms with Crippen LogP contribution in [0.3, 0.4) is 0 Å². The van der Waals surface area contributed by atoms with Crippen LogP contribution in [0.15, 0.2) is 27.6 Å². The number of hydrogen-bond donors (Lipinski definition) is 2. The van der Waals surface area contributed by atoms with Crippen LogP contribution in [0, 0.1) is 0 Å². The molecule has 0 amide bonds. The van der Waals surface area contributed by atoms with Crippen molar-refractivity contribution < 1.29 is 12.8 Å². The molecule has 0 atom stereocenters. The average Bonchev–Trinajstić information content (AvgIpc) is 2.26. The number of hydrogen-bond acceptors (Lipinski definition) is 3. The summed E-state index contributed by atoms with van der Waals surface area (Å²) in [5.41, 5.74) is 0.962. The van der Waals surface area contributed by atoms with Gasteiger partial charge in [-0.05, 0) is 40.7 Å². The molecule has 0 bridgehead atoms. The van der Waals surface area contributed by atoms with Crippen molar-refractivity contribution in [2.75, 3.05) is 20.3 Å². The maximum Gasteiger partial charge on any atom is 0.241 e. The molecule has 7 heteroatoms. The molecule has 0 aliphatic heterocycles. The topological polar surface area (TPSA) is 58.2 Å². The summed E-state index contributed by atoms with van der Waals surface area (Å²) in [6.07, 6.45) is 0. The van der Waals surface area contributed by atoms with Crippen LogP contribution in [0.1, 0.15) is 5.56 Å². The Labute approximate surface area is 109 Å². The monoisotopic (exact) mass is 324 g/mol. The molecule has 0 aliphatic rings. The second kappa shape index (κ2) is 6.44. The number of nitrogens with one attached hydrogen (secondary N) is 2. The SMILES string of the molecule is CNCc1ccc(S(=O)(=O)NCCF)c(Br)c1. The fraction of sp³-hybridized carbons (Fsp3) is 0.400. The summed E-state index contributed by atoms with van der Waals surface area (Å²) in [4.78, 5) is 0.116. The molecule has 2 N–H and O–H groups in total. The minimum Gasteiger partial charge on any atom is -0.316 e. The lowest BCUT2D eigenvalue weighted by atomic mass is 10.2. The van der Waals surface area contributed by atoms with Gasteiger partial charge in [-0.3, -0.25) is 0 Å². The van der Waals surface area contributed by atoms with Crippen molar-refractivity contribution >= 4 is 26.0 Å². The van der Waals surface area contributed by atoms with E-state index in [1.165, 1.54) is 6.07 Å². The molecule has 0 fully saturated rings. The molecule has 0 heterocycles. The molecule has 0 saturated carbocycles. The van der Waals surface area contributed by atoms with Crippen LogP contribution in [0.25, 0.3) is 0 Å². The normalized spacial score (nSPS) is 11.7. The number of alkyl halides is 1. The third-order valence-electron chi connectivity index (χ3n) is 2.05. The molecule has 17 heavy (non-hydrogen) atoms. The molecule has 4 nitrogen and oxygen atoms in total. The zero-order valence-corrected chi connectivity index (χ0v) is 11.7. The van der Waals surface area contributed by atoms with Crippen LogP contribution in [-0.2, 0) is 16.6 Å². The van der Waals surface area contributed by atoms with Crippen molar-refractivity contribution in [1.82, 2.24) is 10.0 Å². The molecule has 0 aromatic heterocycles. The van der Waals surface area contributed by atoms with Gasteiger partial charge in [0.25, 0.3) is 0 Å². The first-order valence-electron chi connectivity index (χ1n) is 5.00. The van der Waals surface area contributed by atoms with Gasteiger partial charge in [0, 0.05) is 17.6 Å². The molecule has 1 aromatic carbocycles. The molecular weight excluding hydrogens is 311 g/mol. The molecular formula is C10H14BrFN2O2S. The van der Waals surface area contributed by atoms with Crippen LogP contribution in [0.5, 0.6) is 0 Å². The first kappa shape index (κ1) is 14.6. The highest BCUT2D eigenvalue weighted by molar-refractivity contribution is 9.10. The molecule has 0 aliphatic carbocycles. The van der Waals surface area contributed by atoms with Crippen molar-refractivity contribution in [3.05, 3.63) is 28.2 Å². The second-order valence-electron chi connectivity index (χ2n) is 3.38. The van der Waals surface area contributed by atoms with E-state index in [0.717, 1.165) is 5.56 Å². The molecule has 0 saturated heterocycles. The van der Waals surface area contributed by atoms with E-state index in [9.17, 15) is 12.8 Å². The van der Waals surface area contributed by atoms with E-state index >= 15 is 0 Å². The van der Waals surface area contributed by atoms with Gasteiger partial charge in [0.15, 0.2) is 0 Å². The molecule has 96 valence electrons. The summed E-state index contributed by atoms with van der Waals surface area (Å²) in [5, 5.41) is 2.97. The van der Waals surface area contributed by atoms with Gasteiger partial charge in [-0.15, -0.1) is 0 Å². The van der Waals surface area contributed by atoms with Crippen molar-refractivity contribution in [3.63, 3.8) is 0 Å². The predicted molar refractivity (Wildman–Crippen MR) is 68.1 cm³/mol. The van der Waals surface area contributed by atoms with Crippen molar-refractivity contribution in [3.8, 4) is 0 Å². The fourth-order valence-electron chi connectivity index (χ4n) is 1.33. The summed E-state index contributed by atoms with van der Waals surface area (Å²) in [6.45, 7) is -0.293. The Hall–Kier alpha value is -0.500. The van der Waals surface area contributed by atoms with E-state index in [1.807, 2.05) is 0 Å². The van der Waals surface area contributed by atoms with Crippen LogP contribution < -0.4 is 10.0 Å². The number of halogens is 2. The lowest BCUT2D eigenvalue weighted by molar-refractivity contribution is 0.486. The van der Waals surface area contributed by atoms with Gasteiger partial charge in [0.05, 0.1) is 4.90 Å². The van der Waals surface area contributed by atoms with Gasteiger partial charge in [-0.25, -0.2) is 17.5 Å². The standard InChI is InChI=1S/C10H14BrFN2O2S/c1-13-7-8-2-3-10(9(11)6-8)17(15,16)14-5-4-12/h2-3,6,13-14H,4-5,7H2,1H3. The van der Waals surface area contributed by atoms with Gasteiger partial charge < -0.3 is 5.32 Å². The first-order valence-corrected chi connectivity index (χ1v) is 7.27. The average molecular weight is 325 g/mol. The summed E-state index contributed by atoms with van der Waals surface area (Å²) in [7, 11) is -1.84. The van der Waals surface area contributed by atoms with E-state index in [2.05, 4.69) is 26.0 Å². The Morgan fingerprint density at radius 3 is 2.65 bits per heavy atom. The molecule has 1 aromatic rings. The van der Waals surface area contributed by atoms with E-state index in [-0.39, 0.29) is 11.4 Å². The summed E-state index contributed by atoms with van der Waals surface area (Å²) >= 11 is 3.20. The summed E-state index contributed by atoms with van der Waals surface area (Å²) in [5.74, 6) is 0. The third kappa shape index (κ3) is 4.02. The first-order chi connectivity index (χ1) is 8.01. The Kier molecular flexibility index (Phi) is 5.51. The largest absolute Gasteiger partial charge is 0.316 e. The molecule has 0 spiro atoms. The van der Waals surface area contributed by atoms with E-state index in [1.54, 1.807) is 19.2 Å². The highest BCUT2D eigenvalue weighted by atomic mass is 79.9. The van der Waals surface area contributed by atoms with E-state index in [0.29, 0.717) is 11.0 Å². The lowest BCUT2D eigenvalue weighted by Crippen LogP contribution is -2.26. The number of benzene rings is 1. The van der Waals surface area contributed by atoms with Gasteiger partial charge >= 0.3 is 0 Å². The van der Waals surface area contributed by atoms with Gasteiger partial charge in [-0.2, -0.15) is 0 Å². The fourth-order valence-corrected chi connectivity index (χ4v) is 3.46. The van der Waals surface area contributed by atoms with Crippen molar-refractivity contribution in [2.24, 2.45) is 0 Å². The zero-order valence-electron chi connectivity index (χ0n) is 9.33. The Morgan fingerprint density at radius 1 is 1.41 bits per heavy atom. The highest BCUT2D eigenvalue weighted by Crippen LogP contribution is 2.23. The van der Waals surface area contributed by atoms with Gasteiger partial charge in [0.1, 0.15) is 6.67 Å². The Morgan fingerprint density at radius 2 is 2.12 bits per heavy atom. The Balaban J connectivity index is 2.99. The third-order valence-corrected chi connectivity index (χ3v) is 4.49. The zero-order chi connectivity index (χ0) is 12.9. The lowest BCUT2D eigenvalue weighted by Gasteiger charge is -2.08.